The summed E-state index contributed by atoms with van der Waals surface area (Å²) in [5.74, 6) is -0.739. The van der Waals surface area contributed by atoms with E-state index >= 15 is 0 Å². The maximum Gasteiger partial charge on any atom is 0.412 e. The number of hydrogen-bond acceptors (Lipinski definition) is 8. The number of rotatable bonds is 10. The number of benzene rings is 4. The number of ether oxygens (including phenoxy) is 4. The fourth-order valence-corrected chi connectivity index (χ4v) is 5.28. The first kappa shape index (κ1) is 33.9. The van der Waals surface area contributed by atoms with Crippen molar-refractivity contribution in [3.05, 3.63) is 131 Å². The Hall–Kier alpha value is -5.98. The van der Waals surface area contributed by atoms with Crippen LogP contribution in [0.1, 0.15) is 22.3 Å². The standard InChI is InChI=1S/C38H36N4O8/c43-35(33-23-47-25-41(33)37(45)49-21-29-7-3-1-4-8-29)39-31-17-13-27(14-18-31)11-12-28-15-19-32(20-16-28)40-36(44)34-24-48-26-42(34)38(46)50-22-30-9-5-2-6-10-30/h1-20,33-34H,21-26H2,(H,39,43)(H,40,44)/b12-11+/t33-,34-/m1/s1. The smallest absolute Gasteiger partial charge is 0.412 e. The van der Waals surface area contributed by atoms with Crippen molar-refractivity contribution < 1.29 is 38.1 Å². The zero-order valence-electron chi connectivity index (χ0n) is 27.1. The fraction of sp³-hybridized carbons (Fsp3) is 0.211. The molecule has 0 aliphatic carbocycles. The Morgan fingerprint density at radius 3 is 1.34 bits per heavy atom. The Balaban J connectivity index is 0.961. The summed E-state index contributed by atoms with van der Waals surface area (Å²) in [6, 6.07) is 31.5. The van der Waals surface area contributed by atoms with Crippen LogP contribution in [0.5, 0.6) is 0 Å². The molecule has 0 spiro atoms. The molecule has 2 aliphatic heterocycles. The number of carbonyl (C=O) groups excluding carboxylic acids is 4. The number of nitrogens with one attached hydrogen (secondary N) is 2. The first-order valence-corrected chi connectivity index (χ1v) is 16.0. The molecule has 12 nitrogen and oxygen atoms in total. The zero-order valence-corrected chi connectivity index (χ0v) is 27.1. The van der Waals surface area contributed by atoms with Crippen molar-refractivity contribution >= 4 is 47.5 Å². The van der Waals surface area contributed by atoms with E-state index in [1.807, 2.05) is 97.1 Å². The van der Waals surface area contributed by atoms with Gasteiger partial charge in [-0.2, -0.15) is 0 Å². The lowest BCUT2D eigenvalue weighted by Gasteiger charge is -2.21. The Bertz CT molecular complexity index is 1670. The topological polar surface area (TPSA) is 136 Å². The quantitative estimate of drug-likeness (QED) is 0.204. The molecule has 2 atom stereocenters. The van der Waals surface area contributed by atoms with Gasteiger partial charge in [0.25, 0.3) is 0 Å². The first-order chi connectivity index (χ1) is 24.4. The fourth-order valence-electron chi connectivity index (χ4n) is 5.28. The van der Waals surface area contributed by atoms with Gasteiger partial charge in [-0.1, -0.05) is 97.1 Å². The van der Waals surface area contributed by atoms with Crippen molar-refractivity contribution in [2.75, 3.05) is 37.3 Å². The molecule has 0 radical (unpaired) electrons. The lowest BCUT2D eigenvalue weighted by molar-refractivity contribution is -0.120. The van der Waals surface area contributed by atoms with Crippen molar-refractivity contribution in [2.24, 2.45) is 0 Å². The largest absolute Gasteiger partial charge is 0.444 e. The van der Waals surface area contributed by atoms with Gasteiger partial charge in [-0.05, 0) is 46.5 Å². The summed E-state index contributed by atoms with van der Waals surface area (Å²) in [7, 11) is 0. The SMILES string of the molecule is O=C(Nc1ccc(/C=C/c2ccc(NC(=O)[C@H]3COCN3C(=O)OCc3ccccc3)cc2)cc1)[C@H]1COCN1C(=O)OCc1ccccc1. The molecule has 12 heteroatoms. The van der Waals surface area contributed by atoms with E-state index in [4.69, 9.17) is 18.9 Å². The van der Waals surface area contributed by atoms with Crippen molar-refractivity contribution in [3.63, 3.8) is 0 Å². The number of nitrogens with zero attached hydrogens (tertiary/aromatic N) is 2. The average Bonchev–Trinajstić information content (AvgIpc) is 3.86. The van der Waals surface area contributed by atoms with Gasteiger partial charge < -0.3 is 29.6 Å². The van der Waals surface area contributed by atoms with E-state index in [9.17, 15) is 19.2 Å². The van der Waals surface area contributed by atoms with Crippen molar-refractivity contribution in [1.82, 2.24) is 9.80 Å². The maximum absolute atomic E-state index is 13.0. The van der Waals surface area contributed by atoms with Gasteiger partial charge in [-0.3, -0.25) is 19.4 Å². The van der Waals surface area contributed by atoms with Crippen LogP contribution < -0.4 is 10.6 Å². The monoisotopic (exact) mass is 676 g/mol. The minimum absolute atomic E-state index is 0.0249. The number of amides is 4. The van der Waals surface area contributed by atoms with E-state index in [0.717, 1.165) is 22.3 Å². The third-order valence-electron chi connectivity index (χ3n) is 8.07. The highest BCUT2D eigenvalue weighted by atomic mass is 16.6. The summed E-state index contributed by atoms with van der Waals surface area (Å²) in [5, 5.41) is 5.69. The van der Waals surface area contributed by atoms with Crippen LogP contribution in [0.25, 0.3) is 12.2 Å². The van der Waals surface area contributed by atoms with Gasteiger partial charge in [0.2, 0.25) is 11.8 Å². The summed E-state index contributed by atoms with van der Waals surface area (Å²) in [6.45, 7) is 0.307. The summed E-state index contributed by atoms with van der Waals surface area (Å²) in [4.78, 5) is 53.8. The van der Waals surface area contributed by atoms with Gasteiger partial charge in [0.1, 0.15) is 38.8 Å². The predicted octanol–water partition coefficient (Wildman–Crippen LogP) is 5.72. The lowest BCUT2D eigenvalue weighted by Crippen LogP contribution is -2.44. The molecule has 2 saturated heterocycles. The molecule has 0 unspecified atom stereocenters. The second-order valence-corrected chi connectivity index (χ2v) is 11.6. The molecule has 2 aliphatic rings. The third kappa shape index (κ3) is 8.92. The van der Waals surface area contributed by atoms with E-state index in [0.29, 0.717) is 11.4 Å². The van der Waals surface area contributed by atoms with Crippen LogP contribution in [0.2, 0.25) is 0 Å². The van der Waals surface area contributed by atoms with Crippen LogP contribution >= 0.6 is 0 Å². The third-order valence-corrected chi connectivity index (χ3v) is 8.07. The molecule has 256 valence electrons. The lowest BCUT2D eigenvalue weighted by atomic mass is 10.1. The van der Waals surface area contributed by atoms with E-state index in [-0.39, 0.29) is 51.7 Å². The van der Waals surface area contributed by atoms with E-state index in [2.05, 4.69) is 10.6 Å². The van der Waals surface area contributed by atoms with Crippen molar-refractivity contribution in [2.45, 2.75) is 25.3 Å². The van der Waals surface area contributed by atoms with Gasteiger partial charge in [0, 0.05) is 11.4 Å². The zero-order chi connectivity index (χ0) is 34.7. The minimum atomic E-state index is -0.808. The summed E-state index contributed by atoms with van der Waals surface area (Å²) in [5.41, 5.74) is 4.65. The number of anilines is 2. The van der Waals surface area contributed by atoms with Gasteiger partial charge in [-0.15, -0.1) is 0 Å². The van der Waals surface area contributed by atoms with Gasteiger partial charge >= 0.3 is 12.2 Å². The molecule has 2 N–H and O–H groups in total. The molecule has 4 aromatic carbocycles. The van der Waals surface area contributed by atoms with E-state index in [1.54, 1.807) is 24.3 Å². The van der Waals surface area contributed by atoms with Gasteiger partial charge in [0.05, 0.1) is 13.2 Å². The van der Waals surface area contributed by atoms with Gasteiger partial charge in [-0.25, -0.2) is 9.59 Å². The Labute approximate surface area is 289 Å². The highest BCUT2D eigenvalue weighted by Crippen LogP contribution is 2.20. The molecule has 0 saturated carbocycles. The second kappa shape index (κ2) is 16.4. The molecular weight excluding hydrogens is 640 g/mol. The summed E-state index contributed by atoms with van der Waals surface area (Å²) < 4.78 is 21.5. The average molecular weight is 677 g/mol. The molecule has 2 fully saturated rings. The normalized spacial score (nSPS) is 17.0. The number of carbonyl (C=O) groups is 4. The van der Waals surface area contributed by atoms with Gasteiger partial charge in [0.15, 0.2) is 0 Å². The van der Waals surface area contributed by atoms with Crippen LogP contribution in [0.3, 0.4) is 0 Å². The minimum Gasteiger partial charge on any atom is -0.444 e. The molecule has 6 rings (SSSR count). The summed E-state index contributed by atoms with van der Waals surface area (Å²) >= 11 is 0. The van der Waals surface area contributed by atoms with Crippen LogP contribution in [0, 0.1) is 0 Å². The van der Waals surface area contributed by atoms with Crippen molar-refractivity contribution in [1.29, 1.82) is 0 Å². The Morgan fingerprint density at radius 1 is 0.580 bits per heavy atom. The first-order valence-electron chi connectivity index (χ1n) is 16.0. The highest BCUT2D eigenvalue weighted by Gasteiger charge is 2.37. The van der Waals surface area contributed by atoms with Crippen LogP contribution in [0.15, 0.2) is 109 Å². The van der Waals surface area contributed by atoms with Crippen LogP contribution in [-0.2, 0) is 41.8 Å². The maximum atomic E-state index is 13.0. The predicted molar refractivity (Wildman–Crippen MR) is 185 cm³/mol. The second-order valence-electron chi connectivity index (χ2n) is 11.6. The Kier molecular flexibility index (Phi) is 11.1. The highest BCUT2D eigenvalue weighted by molar-refractivity contribution is 5.98. The van der Waals surface area contributed by atoms with Crippen LogP contribution in [-0.4, -0.2) is 72.6 Å². The van der Waals surface area contributed by atoms with Crippen molar-refractivity contribution in [3.8, 4) is 0 Å². The van der Waals surface area contributed by atoms with E-state index < -0.39 is 24.3 Å². The molecule has 0 aromatic heterocycles. The summed E-state index contributed by atoms with van der Waals surface area (Å²) in [6.07, 6.45) is 2.61. The molecule has 4 aromatic rings. The molecule has 4 amide bonds. The molecular formula is C38H36N4O8. The molecule has 2 heterocycles. The number of hydrogen-bond donors (Lipinski definition) is 2. The van der Waals surface area contributed by atoms with E-state index in [1.165, 1.54) is 9.80 Å². The molecule has 50 heavy (non-hydrogen) atoms. The van der Waals surface area contributed by atoms with Crippen LogP contribution in [0.4, 0.5) is 21.0 Å². The molecule has 0 bridgehead atoms. The Morgan fingerprint density at radius 2 is 0.960 bits per heavy atom.